The molecule has 1 aromatic carbocycles. The number of aryl methyl sites for hydroxylation is 1. The summed E-state index contributed by atoms with van der Waals surface area (Å²) < 4.78 is 11.6. The Labute approximate surface area is 206 Å². The van der Waals surface area contributed by atoms with Crippen LogP contribution in [0.2, 0.25) is 0 Å². The molecule has 6 heteroatoms. The van der Waals surface area contributed by atoms with Gasteiger partial charge < -0.3 is 23.9 Å². The van der Waals surface area contributed by atoms with Gasteiger partial charge in [-0.2, -0.15) is 0 Å². The lowest BCUT2D eigenvalue weighted by atomic mass is 9.86. The number of aromatic amines is 1. The van der Waals surface area contributed by atoms with E-state index in [9.17, 15) is 4.79 Å². The molecule has 0 saturated carbocycles. The molecule has 1 atom stereocenters. The average Bonchev–Trinajstić information content (AvgIpc) is 3.52. The van der Waals surface area contributed by atoms with E-state index in [4.69, 9.17) is 9.15 Å². The summed E-state index contributed by atoms with van der Waals surface area (Å²) in [7, 11) is 0. The minimum Gasteiger partial charge on any atom is -0.464 e. The third-order valence-electron chi connectivity index (χ3n) is 8.09. The van der Waals surface area contributed by atoms with Gasteiger partial charge in [-0.1, -0.05) is 17.7 Å². The number of morpholine rings is 1. The lowest BCUT2D eigenvalue weighted by Gasteiger charge is -2.38. The van der Waals surface area contributed by atoms with Crippen LogP contribution >= 0.6 is 0 Å². The third-order valence-corrected chi connectivity index (χ3v) is 8.09. The zero-order chi connectivity index (χ0) is 23.8. The summed E-state index contributed by atoms with van der Waals surface area (Å²) in [5.74, 6) is 1.76. The molecule has 0 spiro atoms. The Kier molecular flexibility index (Phi) is 6.25. The number of benzene rings is 1. The van der Waals surface area contributed by atoms with Crippen molar-refractivity contribution in [3.8, 4) is 0 Å². The van der Waals surface area contributed by atoms with Gasteiger partial charge in [-0.25, -0.2) is 0 Å². The molecular weight excluding hydrogens is 438 g/mol. The third kappa shape index (κ3) is 4.57. The number of amides is 1. The largest absolute Gasteiger partial charge is 0.464 e. The van der Waals surface area contributed by atoms with Gasteiger partial charge >= 0.3 is 0 Å². The molecule has 2 saturated heterocycles. The van der Waals surface area contributed by atoms with E-state index in [0.29, 0.717) is 31.4 Å². The summed E-state index contributed by atoms with van der Waals surface area (Å²) in [6, 6.07) is 8.37. The maximum absolute atomic E-state index is 13.4. The number of fused-ring (bicyclic) bond motifs is 2. The Bertz CT molecular complexity index is 1230. The molecule has 3 aliphatic rings. The van der Waals surface area contributed by atoms with Crippen molar-refractivity contribution < 1.29 is 13.9 Å². The summed E-state index contributed by atoms with van der Waals surface area (Å²) in [6.07, 6.45) is 11.9. The molecule has 1 N–H and O–H groups in total. The Morgan fingerprint density at radius 1 is 1.17 bits per heavy atom. The fraction of sp³-hybridized carbons (Fsp3) is 0.483. The second kappa shape index (κ2) is 9.67. The van der Waals surface area contributed by atoms with Crippen molar-refractivity contribution >= 4 is 22.9 Å². The van der Waals surface area contributed by atoms with Crippen molar-refractivity contribution in [1.82, 2.24) is 14.8 Å². The van der Waals surface area contributed by atoms with Crippen LogP contribution in [-0.2, 0) is 11.2 Å². The van der Waals surface area contributed by atoms with E-state index < -0.39 is 0 Å². The fourth-order valence-corrected chi connectivity index (χ4v) is 6.06. The van der Waals surface area contributed by atoms with Crippen molar-refractivity contribution in [3.63, 3.8) is 0 Å². The highest BCUT2D eigenvalue weighted by atomic mass is 16.5. The number of hydrogen-bond donors (Lipinski definition) is 1. The van der Waals surface area contributed by atoms with E-state index in [2.05, 4.69) is 47.2 Å². The lowest BCUT2D eigenvalue weighted by Crippen LogP contribution is -2.50. The van der Waals surface area contributed by atoms with E-state index in [1.165, 1.54) is 29.5 Å². The molecule has 4 heterocycles. The van der Waals surface area contributed by atoms with Gasteiger partial charge in [-0.15, -0.1) is 0 Å². The number of furan rings is 1. The van der Waals surface area contributed by atoms with Crippen molar-refractivity contribution in [2.45, 2.75) is 51.0 Å². The van der Waals surface area contributed by atoms with Crippen LogP contribution in [0.3, 0.4) is 0 Å². The molecular formula is C29H35N3O3. The predicted molar refractivity (Wildman–Crippen MR) is 138 cm³/mol. The predicted octanol–water partition coefficient (Wildman–Crippen LogP) is 5.14. The molecule has 2 aromatic heterocycles. The normalized spacial score (nSPS) is 21.5. The van der Waals surface area contributed by atoms with Crippen LogP contribution in [0, 0.1) is 6.92 Å². The van der Waals surface area contributed by atoms with Gasteiger partial charge in [0.1, 0.15) is 11.5 Å². The molecule has 6 nitrogen and oxygen atoms in total. The minimum absolute atomic E-state index is 0.0876. The molecule has 1 amide bonds. The zero-order valence-electron chi connectivity index (χ0n) is 20.6. The van der Waals surface area contributed by atoms with Crippen LogP contribution in [0.4, 0.5) is 0 Å². The van der Waals surface area contributed by atoms with E-state index >= 15 is 0 Å². The Morgan fingerprint density at radius 3 is 2.94 bits per heavy atom. The number of nitrogens with one attached hydrogen (secondary N) is 1. The molecule has 1 aliphatic carbocycles. The topological polar surface area (TPSA) is 61.7 Å². The van der Waals surface area contributed by atoms with Crippen molar-refractivity contribution in [1.29, 1.82) is 0 Å². The molecule has 3 aromatic rings. The number of aromatic nitrogens is 1. The molecule has 6 rings (SSSR count). The van der Waals surface area contributed by atoms with Crippen LogP contribution in [0.25, 0.3) is 17.0 Å². The SMILES string of the molecule is Cc1ccc2[nH]c(C(=O)N3CCOCC3CCN3CCC(c4coc5c4CCC=C5)CC3)cc2c1. The first-order valence-electron chi connectivity index (χ1n) is 13.1. The first-order valence-corrected chi connectivity index (χ1v) is 13.1. The average molecular weight is 474 g/mol. The number of H-pyrrole nitrogens is 1. The Morgan fingerprint density at radius 2 is 2.06 bits per heavy atom. The summed E-state index contributed by atoms with van der Waals surface area (Å²) >= 11 is 0. The number of hydrogen-bond acceptors (Lipinski definition) is 4. The molecule has 35 heavy (non-hydrogen) atoms. The van der Waals surface area contributed by atoms with Gasteiger partial charge in [0.05, 0.1) is 25.5 Å². The quantitative estimate of drug-likeness (QED) is 0.557. The standard InChI is InChI=1S/C29H35N3O3/c1-20-6-7-26-22(16-20)17-27(30-26)29(33)32-14-15-34-18-23(32)10-13-31-11-8-21(9-12-31)25-19-35-28-5-3-2-4-24(25)28/h3,5-7,16-17,19,21,23,30H,2,4,8-15,18H2,1H3. The molecule has 2 fully saturated rings. The van der Waals surface area contributed by atoms with E-state index in [1.807, 2.05) is 17.2 Å². The number of ether oxygens (including phenoxy) is 1. The number of nitrogens with zero attached hydrogens (tertiary/aromatic N) is 2. The van der Waals surface area contributed by atoms with E-state index in [0.717, 1.165) is 55.6 Å². The van der Waals surface area contributed by atoms with Gasteiger partial charge in [0, 0.05) is 29.6 Å². The first-order chi connectivity index (χ1) is 17.2. The highest BCUT2D eigenvalue weighted by molar-refractivity contribution is 5.98. The van der Waals surface area contributed by atoms with Crippen LogP contribution in [0.15, 0.2) is 41.0 Å². The van der Waals surface area contributed by atoms with Crippen molar-refractivity contribution in [2.24, 2.45) is 0 Å². The van der Waals surface area contributed by atoms with Crippen LogP contribution < -0.4 is 0 Å². The van der Waals surface area contributed by atoms with Gasteiger partial charge in [-0.3, -0.25) is 4.79 Å². The smallest absolute Gasteiger partial charge is 0.270 e. The molecule has 0 bridgehead atoms. The van der Waals surface area contributed by atoms with E-state index in [1.54, 1.807) is 0 Å². The maximum atomic E-state index is 13.4. The first kappa shape index (κ1) is 22.6. The molecule has 2 aliphatic heterocycles. The highest BCUT2D eigenvalue weighted by Crippen LogP contribution is 2.35. The number of piperidine rings is 1. The van der Waals surface area contributed by atoms with Crippen LogP contribution in [0.1, 0.15) is 64.5 Å². The number of carbonyl (C=O) groups excluding carboxylic acids is 1. The second-order valence-electron chi connectivity index (χ2n) is 10.4. The Hall–Kier alpha value is -2.83. The van der Waals surface area contributed by atoms with Gasteiger partial charge in [0.15, 0.2) is 0 Å². The number of rotatable bonds is 5. The maximum Gasteiger partial charge on any atom is 0.270 e. The van der Waals surface area contributed by atoms with Crippen molar-refractivity contribution in [3.05, 3.63) is 64.7 Å². The van der Waals surface area contributed by atoms with Gasteiger partial charge in [0.2, 0.25) is 0 Å². The van der Waals surface area contributed by atoms with Gasteiger partial charge in [-0.05, 0) is 87.9 Å². The van der Waals surface area contributed by atoms with Crippen LogP contribution in [-0.4, -0.2) is 66.1 Å². The summed E-state index contributed by atoms with van der Waals surface area (Å²) in [5, 5.41) is 1.09. The van der Waals surface area contributed by atoms with Gasteiger partial charge in [0.25, 0.3) is 5.91 Å². The molecule has 184 valence electrons. The number of carbonyl (C=O) groups is 1. The lowest BCUT2D eigenvalue weighted by molar-refractivity contribution is -0.00750. The summed E-state index contributed by atoms with van der Waals surface area (Å²) in [6.45, 7) is 7.16. The minimum atomic E-state index is 0.0876. The van der Waals surface area contributed by atoms with Crippen molar-refractivity contribution in [2.75, 3.05) is 39.4 Å². The fourth-order valence-electron chi connectivity index (χ4n) is 6.06. The highest BCUT2D eigenvalue weighted by Gasteiger charge is 2.31. The summed E-state index contributed by atoms with van der Waals surface area (Å²) in [4.78, 5) is 21.3. The van der Waals surface area contributed by atoms with E-state index in [-0.39, 0.29) is 11.9 Å². The Balaban J connectivity index is 1.06. The summed E-state index contributed by atoms with van der Waals surface area (Å²) in [5.41, 5.74) is 5.77. The molecule has 1 unspecified atom stereocenters. The monoisotopic (exact) mass is 473 g/mol. The zero-order valence-corrected chi connectivity index (χ0v) is 20.6. The van der Waals surface area contributed by atoms with Crippen LogP contribution in [0.5, 0.6) is 0 Å². The molecule has 0 radical (unpaired) electrons. The number of likely N-dealkylation sites (tertiary alicyclic amines) is 1. The second-order valence-corrected chi connectivity index (χ2v) is 10.4. The number of allylic oxidation sites excluding steroid dienone is 1.